The standard InChI is InChI=1S/C28H42N8O2/c29-24-11-8-16-30-25-23(19-33-28(35-25)32-15-7-2-1-6-14-31-27(24)38)26(37)34-22-12-17-36(18-13-22)20-21-9-4-3-5-10-21/h3-5,9-10,19,22,24H,1-2,6-8,11-18,20,29H2,(H,31,38)(H,34,37)(H2,30,32,33,35)/t24-/m0/s1. The van der Waals surface area contributed by atoms with E-state index in [1.807, 2.05) is 6.07 Å². The van der Waals surface area contributed by atoms with Gasteiger partial charge in [-0.3, -0.25) is 14.5 Å². The Balaban J connectivity index is 1.34. The summed E-state index contributed by atoms with van der Waals surface area (Å²) >= 11 is 0. The van der Waals surface area contributed by atoms with Crippen LogP contribution in [-0.2, 0) is 11.3 Å². The Morgan fingerprint density at radius 3 is 2.42 bits per heavy atom. The Bertz CT molecular complexity index is 1030. The molecule has 10 nitrogen and oxygen atoms in total. The molecular formula is C28H42N8O2. The van der Waals surface area contributed by atoms with Crippen LogP contribution in [0.25, 0.3) is 0 Å². The van der Waals surface area contributed by atoms with Crippen LogP contribution in [-0.4, -0.2) is 71.5 Å². The molecule has 206 valence electrons. The predicted octanol–water partition coefficient (Wildman–Crippen LogP) is 2.49. The molecule has 6 N–H and O–H groups in total. The van der Waals surface area contributed by atoms with E-state index >= 15 is 0 Å². The van der Waals surface area contributed by atoms with Crippen LogP contribution >= 0.6 is 0 Å². The van der Waals surface area contributed by atoms with Crippen molar-refractivity contribution in [3.05, 3.63) is 47.7 Å². The number of benzene rings is 1. The van der Waals surface area contributed by atoms with Gasteiger partial charge in [-0.25, -0.2) is 4.98 Å². The molecule has 0 radical (unpaired) electrons. The van der Waals surface area contributed by atoms with E-state index in [0.717, 1.165) is 64.7 Å². The van der Waals surface area contributed by atoms with E-state index in [0.29, 0.717) is 43.3 Å². The number of piperidine rings is 1. The molecule has 4 rings (SSSR count). The number of nitrogens with zero attached hydrogens (tertiary/aromatic N) is 3. The van der Waals surface area contributed by atoms with Gasteiger partial charge in [0.1, 0.15) is 11.4 Å². The zero-order valence-corrected chi connectivity index (χ0v) is 22.3. The molecule has 38 heavy (non-hydrogen) atoms. The van der Waals surface area contributed by atoms with Crippen molar-refractivity contribution in [1.29, 1.82) is 0 Å². The van der Waals surface area contributed by atoms with Gasteiger partial charge in [0.2, 0.25) is 11.9 Å². The van der Waals surface area contributed by atoms with Crippen LogP contribution in [0.3, 0.4) is 0 Å². The van der Waals surface area contributed by atoms with Gasteiger partial charge in [-0.15, -0.1) is 0 Å². The van der Waals surface area contributed by atoms with E-state index in [1.54, 1.807) is 6.20 Å². The highest BCUT2D eigenvalue weighted by molar-refractivity contribution is 5.98. The molecule has 2 aliphatic rings. The number of fused-ring (bicyclic) bond motifs is 2. The van der Waals surface area contributed by atoms with Crippen molar-refractivity contribution < 1.29 is 9.59 Å². The highest BCUT2D eigenvalue weighted by atomic mass is 16.2. The maximum Gasteiger partial charge on any atom is 0.256 e. The second kappa shape index (κ2) is 14.6. The number of likely N-dealkylation sites (tertiary alicyclic amines) is 1. The molecule has 1 aromatic carbocycles. The molecule has 2 aromatic rings. The Labute approximate surface area is 225 Å². The average Bonchev–Trinajstić information content (AvgIpc) is 2.93. The van der Waals surface area contributed by atoms with E-state index < -0.39 is 6.04 Å². The fourth-order valence-electron chi connectivity index (χ4n) is 4.91. The average molecular weight is 523 g/mol. The van der Waals surface area contributed by atoms with Crippen LogP contribution in [0.5, 0.6) is 0 Å². The largest absolute Gasteiger partial charge is 0.369 e. The van der Waals surface area contributed by atoms with Crippen LogP contribution < -0.4 is 27.0 Å². The van der Waals surface area contributed by atoms with Gasteiger partial charge < -0.3 is 27.0 Å². The first-order valence-electron chi connectivity index (χ1n) is 14.0. The smallest absolute Gasteiger partial charge is 0.256 e. The summed E-state index contributed by atoms with van der Waals surface area (Å²) in [5.41, 5.74) is 7.81. The monoisotopic (exact) mass is 522 g/mol. The number of aromatic nitrogens is 2. The summed E-state index contributed by atoms with van der Waals surface area (Å²) in [6.45, 7) is 4.78. The summed E-state index contributed by atoms with van der Waals surface area (Å²) in [6.07, 6.45) is 8.65. The van der Waals surface area contributed by atoms with Crippen molar-refractivity contribution >= 4 is 23.6 Å². The molecule has 0 saturated carbocycles. The zero-order chi connectivity index (χ0) is 26.6. The molecule has 1 aromatic heterocycles. The molecule has 3 heterocycles. The third kappa shape index (κ3) is 8.66. The summed E-state index contributed by atoms with van der Waals surface area (Å²) < 4.78 is 0. The number of rotatable bonds is 4. The molecule has 10 heteroatoms. The topological polar surface area (TPSA) is 137 Å². The number of nitrogens with one attached hydrogen (secondary N) is 4. The van der Waals surface area contributed by atoms with Crippen molar-refractivity contribution in [1.82, 2.24) is 25.5 Å². The minimum Gasteiger partial charge on any atom is -0.369 e. The number of hydrogen-bond donors (Lipinski definition) is 5. The molecule has 1 fully saturated rings. The molecule has 1 saturated heterocycles. The van der Waals surface area contributed by atoms with E-state index in [9.17, 15) is 9.59 Å². The molecule has 0 unspecified atom stereocenters. The number of hydrogen-bond acceptors (Lipinski definition) is 8. The third-order valence-corrected chi connectivity index (χ3v) is 7.21. The van der Waals surface area contributed by atoms with Crippen LogP contribution in [0.4, 0.5) is 11.8 Å². The van der Waals surface area contributed by atoms with Gasteiger partial charge in [0.15, 0.2) is 0 Å². The lowest BCUT2D eigenvalue weighted by atomic mass is 10.0. The first kappa shape index (κ1) is 27.8. The van der Waals surface area contributed by atoms with Crippen molar-refractivity contribution in [2.75, 3.05) is 43.4 Å². The van der Waals surface area contributed by atoms with E-state index in [-0.39, 0.29) is 17.9 Å². The number of carbonyl (C=O) groups is 2. The van der Waals surface area contributed by atoms with Gasteiger partial charge in [-0.05, 0) is 44.1 Å². The highest BCUT2D eigenvalue weighted by Gasteiger charge is 2.23. The molecule has 2 amide bonds. The lowest BCUT2D eigenvalue weighted by Crippen LogP contribution is -2.44. The molecule has 2 bridgehead atoms. The molecule has 0 aliphatic carbocycles. The number of nitrogens with two attached hydrogens (primary N) is 1. The Kier molecular flexibility index (Phi) is 10.7. The third-order valence-electron chi connectivity index (χ3n) is 7.21. The molecule has 1 atom stereocenters. The fourth-order valence-corrected chi connectivity index (χ4v) is 4.91. The van der Waals surface area contributed by atoms with Crippen LogP contribution in [0, 0.1) is 0 Å². The molecule has 0 spiro atoms. The fraction of sp³-hybridized carbons (Fsp3) is 0.571. The van der Waals surface area contributed by atoms with Crippen molar-refractivity contribution in [2.24, 2.45) is 5.73 Å². The maximum absolute atomic E-state index is 13.3. The van der Waals surface area contributed by atoms with Crippen LogP contribution in [0.1, 0.15) is 67.3 Å². The Hall–Kier alpha value is -3.24. The van der Waals surface area contributed by atoms with E-state index in [2.05, 4.69) is 60.4 Å². The summed E-state index contributed by atoms with van der Waals surface area (Å²) in [5, 5.41) is 12.7. The van der Waals surface area contributed by atoms with Gasteiger partial charge in [-0.1, -0.05) is 43.2 Å². The first-order chi connectivity index (χ1) is 18.6. The van der Waals surface area contributed by atoms with E-state index in [4.69, 9.17) is 5.73 Å². The normalized spacial score (nSPS) is 20.9. The summed E-state index contributed by atoms with van der Waals surface area (Å²) in [6, 6.07) is 10.1. The van der Waals surface area contributed by atoms with Crippen LogP contribution in [0.15, 0.2) is 36.5 Å². The highest BCUT2D eigenvalue weighted by Crippen LogP contribution is 2.18. The van der Waals surface area contributed by atoms with Gasteiger partial charge >= 0.3 is 0 Å². The summed E-state index contributed by atoms with van der Waals surface area (Å²) in [7, 11) is 0. The molecular weight excluding hydrogens is 480 g/mol. The first-order valence-corrected chi connectivity index (χ1v) is 14.0. The second-order valence-corrected chi connectivity index (χ2v) is 10.3. The maximum atomic E-state index is 13.3. The lowest BCUT2D eigenvalue weighted by molar-refractivity contribution is -0.122. The van der Waals surface area contributed by atoms with Crippen molar-refractivity contribution in [3.8, 4) is 0 Å². The number of amides is 2. The zero-order valence-electron chi connectivity index (χ0n) is 22.3. The number of carbonyl (C=O) groups excluding carboxylic acids is 2. The summed E-state index contributed by atoms with van der Waals surface area (Å²) in [5.74, 6) is 0.748. The van der Waals surface area contributed by atoms with Crippen molar-refractivity contribution in [2.45, 2.75) is 70.0 Å². The minimum atomic E-state index is -0.536. The quantitative estimate of drug-likeness (QED) is 0.413. The van der Waals surface area contributed by atoms with Crippen LogP contribution in [0.2, 0.25) is 0 Å². The second-order valence-electron chi connectivity index (χ2n) is 10.3. The van der Waals surface area contributed by atoms with Gasteiger partial charge in [-0.2, -0.15) is 4.98 Å². The van der Waals surface area contributed by atoms with Gasteiger partial charge in [0.05, 0.1) is 6.04 Å². The van der Waals surface area contributed by atoms with Crippen molar-refractivity contribution in [3.63, 3.8) is 0 Å². The minimum absolute atomic E-state index is 0.102. The predicted molar refractivity (Wildman–Crippen MR) is 150 cm³/mol. The summed E-state index contributed by atoms with van der Waals surface area (Å²) in [4.78, 5) is 36.9. The number of anilines is 2. The lowest BCUT2D eigenvalue weighted by Gasteiger charge is -2.32. The SMILES string of the molecule is N[C@H]1CCCNc2nc(ncc2C(=O)NC2CCN(Cc3ccccc3)CC2)NCCCCCCNC1=O. The molecule has 2 aliphatic heterocycles. The Morgan fingerprint density at radius 1 is 0.947 bits per heavy atom. The Morgan fingerprint density at radius 2 is 1.66 bits per heavy atom. The van der Waals surface area contributed by atoms with Gasteiger partial charge in [0.25, 0.3) is 5.91 Å². The van der Waals surface area contributed by atoms with E-state index in [1.165, 1.54) is 5.56 Å². The van der Waals surface area contributed by atoms with Gasteiger partial charge in [0, 0.05) is 51.5 Å².